The number of carbonyl (C=O) groups excluding carboxylic acids is 2. The summed E-state index contributed by atoms with van der Waals surface area (Å²) in [5, 5.41) is 2.68. The van der Waals surface area contributed by atoms with E-state index in [1.165, 1.54) is 11.3 Å². The molecule has 3 aromatic rings. The topological polar surface area (TPSA) is 85.1 Å². The molecule has 5 nitrogen and oxygen atoms in total. The Morgan fingerprint density at radius 1 is 1.14 bits per heavy atom. The van der Waals surface area contributed by atoms with Gasteiger partial charge in [0.2, 0.25) is 5.91 Å². The van der Waals surface area contributed by atoms with Gasteiger partial charge in [-0.15, -0.1) is 11.3 Å². The number of hydrogen-bond donors (Lipinski definition) is 2. The van der Waals surface area contributed by atoms with Crippen LogP contribution in [0.2, 0.25) is 0 Å². The van der Waals surface area contributed by atoms with E-state index >= 15 is 0 Å². The molecule has 3 rings (SSSR count). The summed E-state index contributed by atoms with van der Waals surface area (Å²) in [5.74, 6) is -0.943. The Balaban J connectivity index is 1.86. The van der Waals surface area contributed by atoms with Crippen molar-refractivity contribution >= 4 is 33.4 Å². The van der Waals surface area contributed by atoms with E-state index in [2.05, 4.69) is 10.3 Å². The van der Waals surface area contributed by atoms with Gasteiger partial charge >= 0.3 is 0 Å². The zero-order valence-electron chi connectivity index (χ0n) is 11.5. The number of nitrogens with two attached hydrogens (primary N) is 1. The monoisotopic (exact) mass is 311 g/mol. The zero-order chi connectivity index (χ0) is 15.5. The Morgan fingerprint density at radius 3 is 2.64 bits per heavy atom. The molecule has 3 N–H and O–H groups in total. The molecule has 0 saturated heterocycles. The number of nitrogens with zero attached hydrogens (tertiary/aromatic N) is 1. The molecule has 1 unspecified atom stereocenters. The van der Waals surface area contributed by atoms with Gasteiger partial charge in [0.15, 0.2) is 0 Å². The molecule has 0 aliphatic rings. The van der Waals surface area contributed by atoms with E-state index in [0.29, 0.717) is 11.1 Å². The number of rotatable bonds is 4. The fourth-order valence-electron chi connectivity index (χ4n) is 2.17. The molecular weight excluding hydrogens is 298 g/mol. The summed E-state index contributed by atoms with van der Waals surface area (Å²) in [6, 6.07) is 13.3. The van der Waals surface area contributed by atoms with Crippen LogP contribution in [0, 0.1) is 0 Å². The van der Waals surface area contributed by atoms with E-state index in [1.54, 1.807) is 48.0 Å². The van der Waals surface area contributed by atoms with Crippen LogP contribution in [-0.4, -0.2) is 16.8 Å². The summed E-state index contributed by atoms with van der Waals surface area (Å²) < 4.78 is 0.919. The molecule has 0 aliphatic carbocycles. The standard InChI is InChI=1S/C16H13N3O2S/c17-15(20)14(10-4-2-1-3-5-10)19-16(21)11-6-7-12-13(8-11)22-9-18-12/h1-9,14H,(H2,17,20)(H,19,21). The van der Waals surface area contributed by atoms with Crippen LogP contribution < -0.4 is 11.1 Å². The van der Waals surface area contributed by atoms with Crippen molar-refractivity contribution in [2.75, 3.05) is 0 Å². The number of carbonyl (C=O) groups is 2. The van der Waals surface area contributed by atoms with Crippen LogP contribution in [0.4, 0.5) is 0 Å². The normalized spacial score (nSPS) is 12.0. The van der Waals surface area contributed by atoms with Crippen molar-refractivity contribution in [3.05, 3.63) is 65.2 Å². The molecule has 0 bridgehead atoms. The highest BCUT2D eigenvalue weighted by molar-refractivity contribution is 7.16. The molecule has 1 heterocycles. The fourth-order valence-corrected chi connectivity index (χ4v) is 2.89. The van der Waals surface area contributed by atoms with Crippen molar-refractivity contribution in [1.29, 1.82) is 0 Å². The molecule has 110 valence electrons. The third-order valence-electron chi connectivity index (χ3n) is 3.29. The average Bonchev–Trinajstić information content (AvgIpc) is 3.00. The van der Waals surface area contributed by atoms with Crippen LogP contribution in [-0.2, 0) is 4.79 Å². The molecule has 2 aromatic carbocycles. The van der Waals surface area contributed by atoms with Crippen LogP contribution in [0.3, 0.4) is 0 Å². The largest absolute Gasteiger partial charge is 0.368 e. The first-order chi connectivity index (χ1) is 10.6. The Hall–Kier alpha value is -2.73. The van der Waals surface area contributed by atoms with E-state index in [0.717, 1.165) is 10.2 Å². The zero-order valence-corrected chi connectivity index (χ0v) is 12.3. The van der Waals surface area contributed by atoms with Gasteiger partial charge in [-0.05, 0) is 23.8 Å². The van der Waals surface area contributed by atoms with Gasteiger partial charge in [-0.3, -0.25) is 9.59 Å². The number of thiazole rings is 1. The van der Waals surface area contributed by atoms with Crippen LogP contribution in [0.15, 0.2) is 54.0 Å². The molecule has 6 heteroatoms. The highest BCUT2D eigenvalue weighted by Gasteiger charge is 2.20. The summed E-state index contributed by atoms with van der Waals surface area (Å²) in [4.78, 5) is 28.2. The van der Waals surface area contributed by atoms with Gasteiger partial charge in [0, 0.05) is 5.56 Å². The lowest BCUT2D eigenvalue weighted by atomic mass is 10.1. The molecule has 0 saturated carbocycles. The Labute approximate surface area is 130 Å². The van der Waals surface area contributed by atoms with E-state index in [-0.39, 0.29) is 5.91 Å². The predicted molar refractivity (Wildman–Crippen MR) is 85.5 cm³/mol. The van der Waals surface area contributed by atoms with Crippen LogP contribution in [0.1, 0.15) is 22.0 Å². The number of aromatic nitrogens is 1. The maximum atomic E-state index is 12.4. The number of nitrogens with one attached hydrogen (secondary N) is 1. The average molecular weight is 311 g/mol. The lowest BCUT2D eigenvalue weighted by Crippen LogP contribution is -2.37. The summed E-state index contributed by atoms with van der Waals surface area (Å²) >= 11 is 1.46. The van der Waals surface area contributed by atoms with Crippen molar-refractivity contribution in [2.24, 2.45) is 5.73 Å². The lowest BCUT2D eigenvalue weighted by molar-refractivity contribution is -0.120. The van der Waals surface area contributed by atoms with E-state index in [9.17, 15) is 9.59 Å². The quantitative estimate of drug-likeness (QED) is 0.775. The molecule has 22 heavy (non-hydrogen) atoms. The van der Waals surface area contributed by atoms with Crippen molar-refractivity contribution in [2.45, 2.75) is 6.04 Å². The van der Waals surface area contributed by atoms with Crippen LogP contribution in [0.5, 0.6) is 0 Å². The maximum absolute atomic E-state index is 12.4. The Morgan fingerprint density at radius 2 is 1.91 bits per heavy atom. The van der Waals surface area contributed by atoms with E-state index in [1.807, 2.05) is 6.07 Å². The van der Waals surface area contributed by atoms with Gasteiger partial charge in [-0.25, -0.2) is 4.98 Å². The minimum atomic E-state index is -0.856. The number of hydrogen-bond acceptors (Lipinski definition) is 4. The smallest absolute Gasteiger partial charge is 0.252 e. The second kappa shape index (κ2) is 5.95. The number of benzene rings is 2. The minimum absolute atomic E-state index is 0.344. The second-order valence-corrected chi connectivity index (χ2v) is 5.64. The molecule has 0 radical (unpaired) electrons. The number of fused-ring (bicyclic) bond motifs is 1. The Bertz CT molecular complexity index is 830. The van der Waals surface area contributed by atoms with Crippen molar-refractivity contribution in [1.82, 2.24) is 10.3 Å². The minimum Gasteiger partial charge on any atom is -0.368 e. The molecule has 1 aromatic heterocycles. The summed E-state index contributed by atoms with van der Waals surface area (Å²) in [5.41, 5.74) is 9.10. The summed E-state index contributed by atoms with van der Waals surface area (Å²) in [6.45, 7) is 0. The first kappa shape index (κ1) is 14.2. The lowest BCUT2D eigenvalue weighted by Gasteiger charge is -2.15. The fraction of sp³-hybridized carbons (Fsp3) is 0.0625. The van der Waals surface area contributed by atoms with Gasteiger partial charge in [0.25, 0.3) is 5.91 Å². The number of primary amides is 1. The van der Waals surface area contributed by atoms with Gasteiger partial charge in [0.1, 0.15) is 6.04 Å². The van der Waals surface area contributed by atoms with E-state index < -0.39 is 11.9 Å². The van der Waals surface area contributed by atoms with Gasteiger partial charge in [-0.2, -0.15) is 0 Å². The van der Waals surface area contributed by atoms with Gasteiger partial charge in [0.05, 0.1) is 15.7 Å². The molecule has 0 spiro atoms. The van der Waals surface area contributed by atoms with Crippen LogP contribution in [0.25, 0.3) is 10.2 Å². The molecule has 0 aliphatic heterocycles. The SMILES string of the molecule is NC(=O)C(NC(=O)c1ccc2ncsc2c1)c1ccccc1. The summed E-state index contributed by atoms with van der Waals surface area (Å²) in [6.07, 6.45) is 0. The van der Waals surface area contributed by atoms with Gasteiger partial charge in [-0.1, -0.05) is 30.3 Å². The molecule has 1 atom stereocenters. The second-order valence-electron chi connectivity index (χ2n) is 4.75. The predicted octanol–water partition coefficient (Wildman–Crippen LogP) is 2.25. The first-order valence-electron chi connectivity index (χ1n) is 6.63. The Kier molecular flexibility index (Phi) is 3.84. The maximum Gasteiger partial charge on any atom is 0.252 e. The molecule has 0 fully saturated rings. The van der Waals surface area contributed by atoms with Crippen molar-refractivity contribution in [3.8, 4) is 0 Å². The molecule has 2 amide bonds. The van der Waals surface area contributed by atoms with E-state index in [4.69, 9.17) is 5.73 Å². The van der Waals surface area contributed by atoms with Gasteiger partial charge < -0.3 is 11.1 Å². The highest BCUT2D eigenvalue weighted by atomic mass is 32.1. The highest BCUT2D eigenvalue weighted by Crippen LogP contribution is 2.20. The van der Waals surface area contributed by atoms with Crippen molar-refractivity contribution < 1.29 is 9.59 Å². The third-order valence-corrected chi connectivity index (χ3v) is 4.08. The van der Waals surface area contributed by atoms with Crippen LogP contribution >= 0.6 is 11.3 Å². The molecular formula is C16H13N3O2S. The third kappa shape index (κ3) is 2.82. The van der Waals surface area contributed by atoms with Crippen molar-refractivity contribution in [3.63, 3.8) is 0 Å². The summed E-state index contributed by atoms with van der Waals surface area (Å²) in [7, 11) is 0. The first-order valence-corrected chi connectivity index (χ1v) is 7.51. The number of amides is 2.